The van der Waals surface area contributed by atoms with Gasteiger partial charge in [0.1, 0.15) is 6.04 Å². The molecule has 0 bridgehead atoms. The third kappa shape index (κ3) is 8.79. The van der Waals surface area contributed by atoms with Gasteiger partial charge < -0.3 is 24.6 Å². The quantitative estimate of drug-likeness (QED) is 0.208. The highest BCUT2D eigenvalue weighted by Gasteiger charge is 2.32. The molecule has 0 spiro atoms. The molecule has 210 valence electrons. The number of hydrogen-bond donors (Lipinski definition) is 2. The van der Waals surface area contributed by atoms with Crippen molar-refractivity contribution in [3.8, 4) is 11.9 Å². The lowest BCUT2D eigenvalue weighted by Gasteiger charge is -2.19. The van der Waals surface area contributed by atoms with E-state index in [2.05, 4.69) is 59.1 Å². The Hall–Kier alpha value is -2.48. The third-order valence-corrected chi connectivity index (χ3v) is 7.73. The molecule has 1 aromatic heterocycles. The number of nitrogens with zero attached hydrogens (tertiary/aromatic N) is 2. The Kier molecular flexibility index (Phi) is 13.0. The topological polar surface area (TPSA) is 90.3 Å². The monoisotopic (exact) mass is 526 g/mol. The minimum atomic E-state index is -0.709. The van der Waals surface area contributed by atoms with Crippen LogP contribution >= 0.6 is 0 Å². The van der Waals surface area contributed by atoms with Crippen LogP contribution in [0, 0.1) is 0 Å². The summed E-state index contributed by atoms with van der Waals surface area (Å²) in [5, 5.41) is 13.0. The highest BCUT2D eigenvalue weighted by molar-refractivity contribution is 5.30. The SMILES string of the molecule is C=CC(CCCCCCC)c1ccc(C2CC[NH2+]C2COCCCC(O)c2cnc(OC)nc2OC)cc1. The van der Waals surface area contributed by atoms with Crippen LogP contribution in [-0.4, -0.2) is 55.1 Å². The van der Waals surface area contributed by atoms with E-state index >= 15 is 0 Å². The van der Waals surface area contributed by atoms with E-state index in [1.807, 2.05) is 0 Å². The average molecular weight is 527 g/mol. The van der Waals surface area contributed by atoms with Gasteiger partial charge in [0.15, 0.2) is 0 Å². The number of ether oxygens (including phenoxy) is 3. The van der Waals surface area contributed by atoms with Crippen molar-refractivity contribution in [2.24, 2.45) is 0 Å². The molecule has 7 nitrogen and oxygen atoms in total. The first-order valence-electron chi connectivity index (χ1n) is 14.4. The second kappa shape index (κ2) is 16.5. The smallest absolute Gasteiger partial charge is 0.319 e. The summed E-state index contributed by atoms with van der Waals surface area (Å²) < 4.78 is 16.4. The maximum absolute atomic E-state index is 10.6. The first-order valence-corrected chi connectivity index (χ1v) is 14.4. The molecule has 1 aliphatic heterocycles. The van der Waals surface area contributed by atoms with Crippen LogP contribution in [0.15, 0.2) is 43.1 Å². The van der Waals surface area contributed by atoms with Crippen LogP contribution in [0.2, 0.25) is 0 Å². The van der Waals surface area contributed by atoms with E-state index in [1.54, 1.807) is 6.20 Å². The molecule has 3 rings (SSSR count). The molecule has 1 aromatic carbocycles. The van der Waals surface area contributed by atoms with Gasteiger partial charge in [0.05, 0.1) is 39.0 Å². The summed E-state index contributed by atoms with van der Waals surface area (Å²) in [5.74, 6) is 1.29. The van der Waals surface area contributed by atoms with E-state index < -0.39 is 6.10 Å². The Balaban J connectivity index is 1.43. The number of aliphatic hydroxyl groups excluding tert-OH is 1. The van der Waals surface area contributed by atoms with Gasteiger partial charge >= 0.3 is 6.01 Å². The van der Waals surface area contributed by atoms with Gasteiger partial charge in [-0.3, -0.25) is 0 Å². The molecule has 0 amide bonds. The molecule has 1 aliphatic rings. The first kappa shape index (κ1) is 30.1. The van der Waals surface area contributed by atoms with Crippen LogP contribution in [0.5, 0.6) is 11.9 Å². The number of aliphatic hydroxyl groups is 1. The minimum Gasteiger partial charge on any atom is -0.481 e. The second-order valence-electron chi connectivity index (χ2n) is 10.3. The second-order valence-corrected chi connectivity index (χ2v) is 10.3. The standard InChI is InChI=1S/C31H47N3O4/c1-5-7-8-9-10-12-23(6-2)24-14-16-25(17-15-24)26-18-19-32-28(26)22-38-20-11-13-29(35)27-21-33-31(37-4)34-30(27)36-3/h6,14-17,21,23,26,28-29,32,35H,2,5,7-13,18-20,22H2,1,3-4H3/p+1. The molecule has 4 unspecified atom stereocenters. The van der Waals surface area contributed by atoms with Crippen molar-refractivity contribution in [2.45, 2.75) is 88.7 Å². The van der Waals surface area contributed by atoms with Crippen LogP contribution in [0.3, 0.4) is 0 Å². The van der Waals surface area contributed by atoms with Crippen LogP contribution in [0.25, 0.3) is 0 Å². The number of unbranched alkanes of at least 4 members (excludes halogenated alkanes) is 4. The molecular formula is C31H48N3O4+. The normalized spacial score (nSPS) is 18.7. The predicted octanol–water partition coefficient (Wildman–Crippen LogP) is 5.07. The molecule has 1 saturated heterocycles. The van der Waals surface area contributed by atoms with E-state index in [0.717, 1.165) is 13.0 Å². The average Bonchev–Trinajstić information content (AvgIpc) is 3.43. The molecule has 7 heteroatoms. The molecule has 2 aromatic rings. The molecule has 4 atom stereocenters. The third-order valence-electron chi connectivity index (χ3n) is 7.73. The van der Waals surface area contributed by atoms with Crippen molar-refractivity contribution >= 4 is 0 Å². The van der Waals surface area contributed by atoms with Gasteiger partial charge in [-0.1, -0.05) is 69.4 Å². The van der Waals surface area contributed by atoms with Crippen molar-refractivity contribution in [3.05, 3.63) is 59.8 Å². The van der Waals surface area contributed by atoms with E-state index in [1.165, 1.54) is 70.3 Å². The zero-order valence-corrected chi connectivity index (χ0v) is 23.6. The molecule has 2 heterocycles. The largest absolute Gasteiger partial charge is 0.481 e. The minimum absolute atomic E-state index is 0.219. The molecule has 0 radical (unpaired) electrons. The van der Waals surface area contributed by atoms with Crippen LogP contribution in [-0.2, 0) is 4.74 Å². The lowest BCUT2D eigenvalue weighted by atomic mass is 9.88. The zero-order valence-electron chi connectivity index (χ0n) is 23.6. The van der Waals surface area contributed by atoms with Gasteiger partial charge in [-0.15, -0.1) is 6.58 Å². The number of hydrogen-bond acceptors (Lipinski definition) is 6. The van der Waals surface area contributed by atoms with Gasteiger partial charge in [0, 0.05) is 31.1 Å². The number of nitrogens with two attached hydrogens (primary N) is 1. The van der Waals surface area contributed by atoms with E-state index in [9.17, 15) is 5.11 Å². The highest BCUT2D eigenvalue weighted by Crippen LogP contribution is 2.30. The summed E-state index contributed by atoms with van der Waals surface area (Å²) >= 11 is 0. The molecule has 38 heavy (non-hydrogen) atoms. The number of rotatable bonds is 18. The van der Waals surface area contributed by atoms with E-state index in [-0.39, 0.29) is 6.01 Å². The van der Waals surface area contributed by atoms with Gasteiger partial charge in [-0.25, -0.2) is 4.98 Å². The Labute approximate surface area is 229 Å². The maximum atomic E-state index is 10.6. The van der Waals surface area contributed by atoms with Gasteiger partial charge in [-0.05, 0) is 30.4 Å². The van der Waals surface area contributed by atoms with E-state index in [4.69, 9.17) is 14.2 Å². The fourth-order valence-corrected chi connectivity index (χ4v) is 5.45. The molecule has 1 fully saturated rings. The van der Waals surface area contributed by atoms with Crippen molar-refractivity contribution in [1.82, 2.24) is 9.97 Å². The maximum Gasteiger partial charge on any atom is 0.319 e. The first-order chi connectivity index (χ1) is 18.6. The Bertz CT molecular complexity index is 953. The number of aromatic nitrogens is 2. The van der Waals surface area contributed by atoms with Crippen molar-refractivity contribution < 1.29 is 24.6 Å². The van der Waals surface area contributed by atoms with Crippen LogP contribution < -0.4 is 14.8 Å². The van der Waals surface area contributed by atoms with Gasteiger partial charge in [0.25, 0.3) is 0 Å². The lowest BCUT2D eigenvalue weighted by molar-refractivity contribution is -0.673. The van der Waals surface area contributed by atoms with Crippen LogP contribution in [0.4, 0.5) is 0 Å². The van der Waals surface area contributed by atoms with E-state index in [0.29, 0.717) is 49.0 Å². The van der Waals surface area contributed by atoms with Crippen molar-refractivity contribution in [2.75, 3.05) is 34.0 Å². The van der Waals surface area contributed by atoms with Crippen molar-refractivity contribution in [1.29, 1.82) is 0 Å². The lowest BCUT2D eigenvalue weighted by Crippen LogP contribution is -2.88. The van der Waals surface area contributed by atoms with Crippen molar-refractivity contribution in [3.63, 3.8) is 0 Å². The van der Waals surface area contributed by atoms with Gasteiger partial charge in [0.2, 0.25) is 5.88 Å². The fraction of sp³-hybridized carbons (Fsp3) is 0.613. The number of benzene rings is 1. The van der Waals surface area contributed by atoms with Crippen LogP contribution in [0.1, 0.15) is 99.3 Å². The number of allylic oxidation sites excluding steroid dienone is 1. The summed E-state index contributed by atoms with van der Waals surface area (Å²) in [6, 6.07) is 9.90. The number of methoxy groups -OCH3 is 2. The Morgan fingerprint density at radius 3 is 2.58 bits per heavy atom. The summed E-state index contributed by atoms with van der Waals surface area (Å²) in [6.07, 6.45) is 13.2. The molecule has 0 saturated carbocycles. The predicted molar refractivity (Wildman–Crippen MR) is 151 cm³/mol. The summed E-state index contributed by atoms with van der Waals surface area (Å²) in [7, 11) is 3.02. The number of quaternary nitrogens is 1. The fourth-order valence-electron chi connectivity index (χ4n) is 5.45. The Morgan fingerprint density at radius 2 is 1.87 bits per heavy atom. The highest BCUT2D eigenvalue weighted by atomic mass is 16.5. The zero-order chi connectivity index (χ0) is 27.2. The summed E-state index contributed by atoms with van der Waals surface area (Å²) in [5.41, 5.74) is 3.35. The Morgan fingerprint density at radius 1 is 1.08 bits per heavy atom. The molecule has 3 N–H and O–H groups in total. The van der Waals surface area contributed by atoms with Gasteiger partial charge in [-0.2, -0.15) is 4.98 Å². The molecular weight excluding hydrogens is 478 g/mol. The summed E-state index contributed by atoms with van der Waals surface area (Å²) in [6.45, 7) is 8.81. The summed E-state index contributed by atoms with van der Waals surface area (Å²) in [4.78, 5) is 8.24. The molecule has 0 aliphatic carbocycles.